The first-order chi connectivity index (χ1) is 16.2. The zero-order chi connectivity index (χ0) is 26.1. The zero-order valence-corrected chi connectivity index (χ0v) is 21.5. The lowest BCUT2D eigenvalue weighted by Gasteiger charge is -2.53. The normalized spacial score (nSPS) is 25.0. The maximum absolute atomic E-state index is 13.2. The third-order valence-electron chi connectivity index (χ3n) is 5.18. The maximum Gasteiger partial charge on any atom is 0.408 e. The van der Waals surface area contributed by atoms with Gasteiger partial charge in [0.1, 0.15) is 28.7 Å². The van der Waals surface area contributed by atoms with Crippen LogP contribution in [0.15, 0.2) is 30.3 Å². The first-order valence-electron chi connectivity index (χ1n) is 11.4. The molecule has 0 radical (unpaired) electrons. The Balaban J connectivity index is 1.74. The van der Waals surface area contributed by atoms with Gasteiger partial charge in [-0.1, -0.05) is 30.3 Å². The van der Waals surface area contributed by atoms with Crippen molar-refractivity contribution in [3.05, 3.63) is 35.9 Å². The molecule has 2 aliphatic rings. The number of nitrogens with one attached hydrogen (secondary N) is 2. The minimum atomic E-state index is -1.15. The number of nitrogens with zero attached hydrogens (tertiary/aromatic N) is 1. The van der Waals surface area contributed by atoms with Gasteiger partial charge in [0.25, 0.3) is 0 Å². The minimum absolute atomic E-state index is 0.197. The molecule has 3 amide bonds. The molecule has 0 aromatic heterocycles. The molecule has 2 heterocycles. The van der Waals surface area contributed by atoms with Gasteiger partial charge in [0.05, 0.1) is 6.10 Å². The smallest absolute Gasteiger partial charge is 0.408 e. The number of aliphatic hydroxyl groups is 1. The van der Waals surface area contributed by atoms with Gasteiger partial charge in [0.2, 0.25) is 11.8 Å². The number of hydrogen-bond donors (Lipinski definition) is 3. The summed E-state index contributed by atoms with van der Waals surface area (Å²) >= 11 is 1.26. The lowest BCUT2D eigenvalue weighted by atomic mass is 9.98. The molecular weight excluding hydrogens is 474 g/mol. The molecule has 1 aromatic carbocycles. The predicted octanol–water partition coefficient (Wildman–Crippen LogP) is 1.72. The number of esters is 1. The molecule has 2 saturated heterocycles. The molecule has 11 heteroatoms. The number of fused-ring (bicyclic) bond motifs is 1. The Morgan fingerprint density at radius 2 is 1.66 bits per heavy atom. The van der Waals surface area contributed by atoms with Crippen LogP contribution in [-0.4, -0.2) is 74.4 Å². The Labute approximate surface area is 209 Å². The fourth-order valence-electron chi connectivity index (χ4n) is 3.81. The van der Waals surface area contributed by atoms with Gasteiger partial charge in [-0.25, -0.2) is 9.59 Å². The van der Waals surface area contributed by atoms with Crippen LogP contribution in [0.25, 0.3) is 0 Å². The Kier molecular flexibility index (Phi) is 7.71. The number of thioether (sulfide) groups is 1. The summed E-state index contributed by atoms with van der Waals surface area (Å²) < 4.78 is 10.7. The Bertz CT molecular complexity index is 974. The number of carbonyl (C=O) groups is 4. The van der Waals surface area contributed by atoms with Crippen molar-refractivity contribution in [1.82, 2.24) is 15.5 Å². The van der Waals surface area contributed by atoms with Gasteiger partial charge in [-0.3, -0.25) is 9.59 Å². The van der Waals surface area contributed by atoms with Crippen molar-refractivity contribution in [2.24, 2.45) is 0 Å². The quantitative estimate of drug-likeness (QED) is 0.405. The second kappa shape index (κ2) is 10.1. The molecule has 2 aliphatic heterocycles. The molecule has 3 rings (SSSR count). The first-order valence-corrected chi connectivity index (χ1v) is 12.4. The van der Waals surface area contributed by atoms with Gasteiger partial charge in [-0.05, 0) is 47.1 Å². The topological polar surface area (TPSA) is 134 Å². The molecule has 35 heavy (non-hydrogen) atoms. The van der Waals surface area contributed by atoms with E-state index in [0.29, 0.717) is 5.56 Å². The van der Waals surface area contributed by atoms with Gasteiger partial charge in [-0.15, -0.1) is 11.8 Å². The number of alkyl carbamates (subject to hydrolysis) is 1. The number of hydrogen-bond acceptors (Lipinski definition) is 8. The summed E-state index contributed by atoms with van der Waals surface area (Å²) in [5.74, 6) is -1.60. The number of β-lactam (4-membered cyclic amide) rings is 1. The van der Waals surface area contributed by atoms with Gasteiger partial charge in [0.15, 0.2) is 6.04 Å². The van der Waals surface area contributed by atoms with E-state index in [1.54, 1.807) is 71.9 Å². The van der Waals surface area contributed by atoms with Crippen LogP contribution in [0.3, 0.4) is 0 Å². The van der Waals surface area contributed by atoms with Crippen LogP contribution < -0.4 is 10.6 Å². The molecule has 5 atom stereocenters. The Morgan fingerprint density at radius 1 is 1.06 bits per heavy atom. The average Bonchev–Trinajstić information content (AvgIpc) is 2.73. The summed E-state index contributed by atoms with van der Waals surface area (Å²) in [4.78, 5) is 52.6. The fraction of sp³-hybridized carbons (Fsp3) is 0.583. The molecule has 1 aromatic rings. The van der Waals surface area contributed by atoms with E-state index in [-0.39, 0.29) is 5.75 Å². The molecule has 3 N–H and O–H groups in total. The third kappa shape index (κ3) is 6.46. The molecule has 2 unspecified atom stereocenters. The number of benzene rings is 1. The van der Waals surface area contributed by atoms with Crippen molar-refractivity contribution in [2.45, 2.75) is 82.3 Å². The van der Waals surface area contributed by atoms with E-state index < -0.39 is 64.7 Å². The Morgan fingerprint density at radius 3 is 2.23 bits per heavy atom. The van der Waals surface area contributed by atoms with Crippen molar-refractivity contribution in [3.8, 4) is 0 Å². The number of aliphatic hydroxyl groups excluding tert-OH is 1. The fourth-order valence-corrected chi connectivity index (χ4v) is 5.15. The third-order valence-corrected chi connectivity index (χ3v) is 6.56. The molecule has 0 spiro atoms. The van der Waals surface area contributed by atoms with E-state index in [2.05, 4.69) is 10.6 Å². The van der Waals surface area contributed by atoms with E-state index in [0.717, 1.165) is 0 Å². The molecule has 0 bridgehead atoms. The Hall–Kier alpha value is -2.79. The van der Waals surface area contributed by atoms with Crippen LogP contribution in [0.4, 0.5) is 4.79 Å². The lowest BCUT2D eigenvalue weighted by molar-refractivity contribution is -0.178. The molecule has 0 aliphatic carbocycles. The zero-order valence-electron chi connectivity index (χ0n) is 20.7. The van der Waals surface area contributed by atoms with Crippen molar-refractivity contribution < 1.29 is 33.8 Å². The summed E-state index contributed by atoms with van der Waals surface area (Å²) in [7, 11) is 0. The summed E-state index contributed by atoms with van der Waals surface area (Å²) in [5.41, 5.74) is -1.03. The summed E-state index contributed by atoms with van der Waals surface area (Å²) in [6.07, 6.45) is -1.86. The van der Waals surface area contributed by atoms with E-state index in [1.165, 1.54) is 16.7 Å². The van der Waals surface area contributed by atoms with Gasteiger partial charge in [-0.2, -0.15) is 0 Å². The summed E-state index contributed by atoms with van der Waals surface area (Å²) in [6.45, 7) is 10.2. The highest BCUT2D eigenvalue weighted by atomic mass is 32.2. The minimum Gasteiger partial charge on any atom is -0.458 e. The van der Waals surface area contributed by atoms with Gasteiger partial charge < -0.3 is 30.1 Å². The van der Waals surface area contributed by atoms with Crippen LogP contribution in [0.2, 0.25) is 0 Å². The summed E-state index contributed by atoms with van der Waals surface area (Å²) in [5, 5.41) is 15.1. The van der Waals surface area contributed by atoms with Crippen molar-refractivity contribution >= 4 is 35.6 Å². The van der Waals surface area contributed by atoms with Crippen LogP contribution in [0.5, 0.6) is 0 Å². The molecular formula is C24H33N3O7S. The molecule has 10 nitrogen and oxygen atoms in total. The van der Waals surface area contributed by atoms with Gasteiger partial charge >= 0.3 is 12.1 Å². The van der Waals surface area contributed by atoms with E-state index in [1.807, 2.05) is 0 Å². The van der Waals surface area contributed by atoms with E-state index >= 15 is 0 Å². The second-order valence-electron chi connectivity index (χ2n) is 10.5. The molecule has 0 saturated carbocycles. The second-order valence-corrected chi connectivity index (χ2v) is 11.6. The first kappa shape index (κ1) is 26.8. The molecule has 192 valence electrons. The van der Waals surface area contributed by atoms with Crippen molar-refractivity contribution in [2.75, 3.05) is 5.75 Å². The highest BCUT2D eigenvalue weighted by molar-refractivity contribution is 8.00. The standard InChI is InChI=1S/C24H33N3O7S/c1-23(2,3)33-21(31)17-14(28)12-35-20-16(19(30)27(17)20)25-18(29)15(13-10-8-7-9-11-13)26-22(32)34-24(4,5)6/h7-11,14-17,20,28H,12H2,1-6H3,(H,25,29)(H,26,32)/t14?,15-,16-,17?,20-/m1/s1. The average molecular weight is 508 g/mol. The van der Waals surface area contributed by atoms with Crippen LogP contribution in [-0.2, 0) is 23.9 Å². The van der Waals surface area contributed by atoms with Crippen molar-refractivity contribution in [3.63, 3.8) is 0 Å². The number of carbonyl (C=O) groups excluding carboxylic acids is 4. The molecule has 2 fully saturated rings. The monoisotopic (exact) mass is 507 g/mol. The van der Waals surface area contributed by atoms with Crippen LogP contribution in [0.1, 0.15) is 53.1 Å². The lowest BCUT2D eigenvalue weighted by Crippen LogP contribution is -2.77. The largest absolute Gasteiger partial charge is 0.458 e. The number of amides is 3. The highest BCUT2D eigenvalue weighted by Gasteiger charge is 2.58. The van der Waals surface area contributed by atoms with Crippen LogP contribution >= 0.6 is 11.8 Å². The van der Waals surface area contributed by atoms with Gasteiger partial charge in [0, 0.05) is 5.75 Å². The SMILES string of the molecule is CC(C)(C)OC(=O)N[C@@H](C(=O)N[C@@H]1C(=O)N2C(C(=O)OC(C)(C)C)C(O)CS[C@H]12)c1ccccc1. The highest BCUT2D eigenvalue weighted by Crippen LogP contribution is 2.39. The summed E-state index contributed by atoms with van der Waals surface area (Å²) in [6, 6.07) is 5.43. The van der Waals surface area contributed by atoms with E-state index in [4.69, 9.17) is 9.47 Å². The van der Waals surface area contributed by atoms with Crippen molar-refractivity contribution in [1.29, 1.82) is 0 Å². The number of rotatable bonds is 5. The maximum atomic E-state index is 13.2. The predicted molar refractivity (Wildman–Crippen MR) is 129 cm³/mol. The van der Waals surface area contributed by atoms with Crippen LogP contribution in [0, 0.1) is 0 Å². The van der Waals surface area contributed by atoms with E-state index in [9.17, 15) is 24.3 Å². The number of ether oxygens (including phenoxy) is 2.